The van der Waals surface area contributed by atoms with Gasteiger partial charge in [0.1, 0.15) is 0 Å². The molecule has 1 heterocycles. The fourth-order valence-electron chi connectivity index (χ4n) is 1.95. The average Bonchev–Trinajstić information content (AvgIpc) is 2.81. The Morgan fingerprint density at radius 1 is 1.33 bits per heavy atom. The third-order valence-corrected chi connectivity index (χ3v) is 2.86. The molecule has 0 amide bonds. The van der Waals surface area contributed by atoms with Gasteiger partial charge in [0.2, 0.25) is 12.5 Å². The lowest BCUT2D eigenvalue weighted by Gasteiger charge is -2.10. The molecule has 0 saturated heterocycles. The van der Waals surface area contributed by atoms with E-state index in [2.05, 4.69) is 19.2 Å². The summed E-state index contributed by atoms with van der Waals surface area (Å²) in [7, 11) is 1.65. The van der Waals surface area contributed by atoms with Gasteiger partial charge in [-0.25, -0.2) is 0 Å². The van der Waals surface area contributed by atoms with Crippen molar-refractivity contribution >= 4 is 0 Å². The molecule has 0 saturated carbocycles. The Bertz CT molecular complexity index is 404. The molecule has 4 heteroatoms. The average molecular weight is 251 g/mol. The van der Waals surface area contributed by atoms with Crippen molar-refractivity contribution in [2.45, 2.75) is 20.3 Å². The van der Waals surface area contributed by atoms with E-state index in [0.717, 1.165) is 36.8 Å². The van der Waals surface area contributed by atoms with E-state index >= 15 is 0 Å². The molecular formula is C14H21NO3. The Hall–Kier alpha value is -1.42. The lowest BCUT2D eigenvalue weighted by molar-refractivity contribution is 0.171. The second-order valence-corrected chi connectivity index (χ2v) is 4.88. The topological polar surface area (TPSA) is 39.7 Å². The standard InChI is InChI=1S/C14H21NO3/c1-10(2)8-15-5-4-11-6-12(16-3)14-13(7-11)17-9-18-14/h6-7,10,15H,4-5,8-9H2,1-3H3. The van der Waals surface area contributed by atoms with Gasteiger partial charge in [-0.05, 0) is 43.1 Å². The van der Waals surface area contributed by atoms with Crippen LogP contribution in [-0.2, 0) is 6.42 Å². The summed E-state index contributed by atoms with van der Waals surface area (Å²) in [5, 5.41) is 3.43. The highest BCUT2D eigenvalue weighted by atomic mass is 16.7. The Balaban J connectivity index is 1.97. The highest BCUT2D eigenvalue weighted by molar-refractivity contribution is 5.55. The van der Waals surface area contributed by atoms with Crippen LogP contribution >= 0.6 is 0 Å². The molecule has 1 aliphatic heterocycles. The fraction of sp³-hybridized carbons (Fsp3) is 0.571. The van der Waals surface area contributed by atoms with Gasteiger partial charge in [-0.15, -0.1) is 0 Å². The van der Waals surface area contributed by atoms with Gasteiger partial charge in [0.25, 0.3) is 0 Å². The van der Waals surface area contributed by atoms with E-state index in [9.17, 15) is 0 Å². The van der Waals surface area contributed by atoms with Crippen molar-refractivity contribution in [2.24, 2.45) is 5.92 Å². The summed E-state index contributed by atoms with van der Waals surface area (Å²) >= 11 is 0. The molecule has 1 aromatic carbocycles. The molecule has 1 N–H and O–H groups in total. The Morgan fingerprint density at radius 3 is 2.89 bits per heavy atom. The van der Waals surface area contributed by atoms with Crippen molar-refractivity contribution in [1.29, 1.82) is 0 Å². The summed E-state index contributed by atoms with van der Waals surface area (Å²) in [6.07, 6.45) is 0.958. The number of methoxy groups -OCH3 is 1. The molecule has 0 spiro atoms. The first-order valence-electron chi connectivity index (χ1n) is 6.38. The van der Waals surface area contributed by atoms with Crippen LogP contribution in [0.15, 0.2) is 12.1 Å². The van der Waals surface area contributed by atoms with Gasteiger partial charge in [0, 0.05) is 0 Å². The molecule has 0 bridgehead atoms. The molecular weight excluding hydrogens is 230 g/mol. The van der Waals surface area contributed by atoms with E-state index in [4.69, 9.17) is 14.2 Å². The smallest absolute Gasteiger partial charge is 0.231 e. The zero-order valence-electron chi connectivity index (χ0n) is 11.3. The molecule has 18 heavy (non-hydrogen) atoms. The van der Waals surface area contributed by atoms with Crippen LogP contribution in [0.4, 0.5) is 0 Å². The van der Waals surface area contributed by atoms with Gasteiger partial charge in [0.05, 0.1) is 7.11 Å². The molecule has 0 radical (unpaired) electrons. The van der Waals surface area contributed by atoms with Crippen LogP contribution in [-0.4, -0.2) is 27.0 Å². The Labute approximate surface area is 108 Å². The summed E-state index contributed by atoms with van der Waals surface area (Å²) in [5.41, 5.74) is 1.20. The fourth-order valence-corrected chi connectivity index (χ4v) is 1.95. The Kier molecular flexibility index (Phi) is 4.31. The van der Waals surface area contributed by atoms with Crippen molar-refractivity contribution < 1.29 is 14.2 Å². The van der Waals surface area contributed by atoms with E-state index in [0.29, 0.717) is 5.92 Å². The van der Waals surface area contributed by atoms with Crippen LogP contribution in [0.5, 0.6) is 17.2 Å². The van der Waals surface area contributed by atoms with Crippen molar-refractivity contribution in [3.8, 4) is 17.2 Å². The highest BCUT2D eigenvalue weighted by Crippen LogP contribution is 2.41. The third kappa shape index (κ3) is 3.07. The summed E-state index contributed by atoms with van der Waals surface area (Å²) in [5.74, 6) is 2.93. The minimum Gasteiger partial charge on any atom is -0.493 e. The van der Waals surface area contributed by atoms with E-state index < -0.39 is 0 Å². The number of rotatable bonds is 6. The molecule has 1 aliphatic rings. The number of hydrogen-bond donors (Lipinski definition) is 1. The lowest BCUT2D eigenvalue weighted by atomic mass is 10.1. The first-order valence-corrected chi connectivity index (χ1v) is 6.38. The monoisotopic (exact) mass is 251 g/mol. The molecule has 0 atom stereocenters. The zero-order chi connectivity index (χ0) is 13.0. The van der Waals surface area contributed by atoms with Gasteiger partial charge in [-0.2, -0.15) is 0 Å². The molecule has 4 nitrogen and oxygen atoms in total. The van der Waals surface area contributed by atoms with Crippen LogP contribution in [0.3, 0.4) is 0 Å². The predicted octanol–water partition coefficient (Wildman–Crippen LogP) is 2.21. The minimum absolute atomic E-state index is 0.279. The van der Waals surface area contributed by atoms with Crippen molar-refractivity contribution in [3.05, 3.63) is 17.7 Å². The first-order chi connectivity index (χ1) is 8.70. The van der Waals surface area contributed by atoms with Crippen LogP contribution in [0, 0.1) is 5.92 Å². The zero-order valence-corrected chi connectivity index (χ0v) is 11.3. The first kappa shape index (κ1) is 13.0. The quantitative estimate of drug-likeness (QED) is 0.787. The summed E-state index contributed by atoms with van der Waals surface area (Å²) in [4.78, 5) is 0. The van der Waals surface area contributed by atoms with Crippen LogP contribution in [0.2, 0.25) is 0 Å². The molecule has 0 aliphatic carbocycles. The van der Waals surface area contributed by atoms with Crippen LogP contribution < -0.4 is 19.5 Å². The van der Waals surface area contributed by atoms with Crippen molar-refractivity contribution in [2.75, 3.05) is 27.0 Å². The van der Waals surface area contributed by atoms with Gasteiger partial charge in [-0.1, -0.05) is 13.8 Å². The van der Waals surface area contributed by atoms with Gasteiger partial charge < -0.3 is 19.5 Å². The maximum absolute atomic E-state index is 5.40. The normalized spacial score (nSPS) is 13.1. The summed E-state index contributed by atoms with van der Waals surface area (Å²) in [6, 6.07) is 4.05. The van der Waals surface area contributed by atoms with Gasteiger partial charge in [-0.3, -0.25) is 0 Å². The number of ether oxygens (including phenoxy) is 3. The van der Waals surface area contributed by atoms with Crippen molar-refractivity contribution in [3.63, 3.8) is 0 Å². The molecule has 2 rings (SSSR count). The highest BCUT2D eigenvalue weighted by Gasteiger charge is 2.19. The second-order valence-electron chi connectivity index (χ2n) is 4.88. The number of nitrogens with one attached hydrogen (secondary N) is 1. The largest absolute Gasteiger partial charge is 0.493 e. The van der Waals surface area contributed by atoms with Gasteiger partial charge in [0.15, 0.2) is 11.5 Å². The lowest BCUT2D eigenvalue weighted by Crippen LogP contribution is -2.22. The maximum atomic E-state index is 5.40. The van der Waals surface area contributed by atoms with Crippen molar-refractivity contribution in [1.82, 2.24) is 5.32 Å². The molecule has 0 unspecified atom stereocenters. The van der Waals surface area contributed by atoms with Gasteiger partial charge >= 0.3 is 0 Å². The van der Waals surface area contributed by atoms with E-state index in [1.54, 1.807) is 7.11 Å². The third-order valence-electron chi connectivity index (χ3n) is 2.86. The van der Waals surface area contributed by atoms with Crippen LogP contribution in [0.25, 0.3) is 0 Å². The van der Waals surface area contributed by atoms with E-state index in [1.807, 2.05) is 12.1 Å². The summed E-state index contributed by atoms with van der Waals surface area (Å²) < 4.78 is 16.1. The second kappa shape index (κ2) is 5.96. The molecule has 100 valence electrons. The van der Waals surface area contributed by atoms with Crippen LogP contribution in [0.1, 0.15) is 19.4 Å². The Morgan fingerprint density at radius 2 is 2.17 bits per heavy atom. The number of hydrogen-bond acceptors (Lipinski definition) is 4. The molecule has 0 fully saturated rings. The number of benzene rings is 1. The number of fused-ring (bicyclic) bond motifs is 1. The molecule has 0 aromatic heterocycles. The minimum atomic E-state index is 0.279. The predicted molar refractivity (Wildman–Crippen MR) is 70.5 cm³/mol. The SMILES string of the molecule is COc1cc(CCNCC(C)C)cc2c1OCO2. The summed E-state index contributed by atoms with van der Waals surface area (Å²) in [6.45, 7) is 6.69. The molecule has 1 aromatic rings. The maximum Gasteiger partial charge on any atom is 0.231 e. The van der Waals surface area contributed by atoms with E-state index in [1.165, 1.54) is 5.56 Å². The van der Waals surface area contributed by atoms with E-state index in [-0.39, 0.29) is 6.79 Å².